The number of ether oxygens (including phenoxy) is 1. The van der Waals surface area contributed by atoms with Gasteiger partial charge in [-0.05, 0) is 31.7 Å². The average Bonchev–Trinajstić information content (AvgIpc) is 2.64. The quantitative estimate of drug-likeness (QED) is 0.704. The van der Waals surface area contributed by atoms with Crippen molar-refractivity contribution in [3.63, 3.8) is 0 Å². The molecule has 1 fully saturated rings. The molecule has 1 N–H and O–H groups in total. The molecule has 0 radical (unpaired) electrons. The van der Waals surface area contributed by atoms with E-state index in [1.165, 1.54) is 5.56 Å². The van der Waals surface area contributed by atoms with Crippen LogP contribution in [0.3, 0.4) is 0 Å². The number of methoxy groups -OCH3 is 1. The highest BCUT2D eigenvalue weighted by Crippen LogP contribution is 2.28. The highest BCUT2D eigenvalue weighted by Gasteiger charge is 2.29. The number of nitrogens with one attached hydrogen (secondary N) is 1. The first-order valence-corrected chi connectivity index (χ1v) is 10.5. The van der Waals surface area contributed by atoms with Gasteiger partial charge >= 0.3 is 0 Å². The Morgan fingerprint density at radius 3 is 2.59 bits per heavy atom. The van der Waals surface area contributed by atoms with Crippen molar-refractivity contribution in [3.8, 4) is 0 Å². The number of aromatic amines is 1. The number of hydrogen-bond donors (Lipinski definition) is 1. The largest absolute Gasteiger partial charge is 0.378 e. The molecule has 1 amide bonds. The fourth-order valence-corrected chi connectivity index (χ4v) is 3.65. The average molecular weight is 398 g/mol. The van der Waals surface area contributed by atoms with Crippen LogP contribution < -0.4 is 5.56 Å². The highest BCUT2D eigenvalue weighted by atomic mass is 16.5. The number of aromatic nitrogens is 2. The van der Waals surface area contributed by atoms with Gasteiger partial charge in [0.15, 0.2) is 0 Å². The van der Waals surface area contributed by atoms with E-state index >= 15 is 0 Å². The lowest BCUT2D eigenvalue weighted by atomic mass is 9.84. The molecule has 156 valence electrons. The van der Waals surface area contributed by atoms with Crippen molar-refractivity contribution in [2.75, 3.05) is 13.7 Å². The number of carbonyl (C=O) groups is 1. The van der Waals surface area contributed by atoms with E-state index in [4.69, 9.17) is 4.74 Å². The van der Waals surface area contributed by atoms with E-state index in [1.807, 2.05) is 36.1 Å². The van der Waals surface area contributed by atoms with Gasteiger partial charge in [0.2, 0.25) is 5.91 Å². The smallest absolute Gasteiger partial charge is 0.254 e. The predicted molar refractivity (Wildman–Crippen MR) is 113 cm³/mol. The summed E-state index contributed by atoms with van der Waals surface area (Å²) in [7, 11) is 1.60. The third-order valence-electron chi connectivity index (χ3n) is 5.53. The van der Waals surface area contributed by atoms with E-state index in [2.05, 4.69) is 16.9 Å². The van der Waals surface area contributed by atoms with Crippen molar-refractivity contribution in [1.82, 2.24) is 14.9 Å². The number of amides is 1. The summed E-state index contributed by atoms with van der Waals surface area (Å²) in [6.07, 6.45) is 4.43. The second-order valence-corrected chi connectivity index (χ2v) is 7.92. The molecule has 1 aromatic heterocycles. The summed E-state index contributed by atoms with van der Waals surface area (Å²) in [6.45, 7) is 5.36. The summed E-state index contributed by atoms with van der Waals surface area (Å²) in [5, 5.41) is 0. The van der Waals surface area contributed by atoms with Gasteiger partial charge in [-0.25, -0.2) is 4.98 Å². The summed E-state index contributed by atoms with van der Waals surface area (Å²) in [5.41, 5.74) is 3.34. The second-order valence-electron chi connectivity index (χ2n) is 7.92. The molecule has 0 aliphatic heterocycles. The maximum Gasteiger partial charge on any atom is 0.254 e. The minimum absolute atomic E-state index is 0.132. The van der Waals surface area contributed by atoms with E-state index in [0.29, 0.717) is 36.6 Å². The molecule has 1 saturated carbocycles. The first kappa shape index (κ1) is 21.2. The third kappa shape index (κ3) is 5.32. The van der Waals surface area contributed by atoms with E-state index in [1.54, 1.807) is 7.11 Å². The lowest BCUT2D eigenvalue weighted by molar-refractivity contribution is -0.139. The molecule has 1 aliphatic carbocycles. The number of benzene rings is 1. The number of hydrogen-bond acceptors (Lipinski definition) is 4. The van der Waals surface area contributed by atoms with Gasteiger partial charge in [0.1, 0.15) is 5.82 Å². The monoisotopic (exact) mass is 397 g/mol. The van der Waals surface area contributed by atoms with Crippen LogP contribution >= 0.6 is 0 Å². The number of nitrogens with zero attached hydrogens (tertiary/aromatic N) is 2. The van der Waals surface area contributed by atoms with Gasteiger partial charge in [0.25, 0.3) is 5.56 Å². The lowest BCUT2D eigenvalue weighted by Gasteiger charge is -2.31. The molecule has 0 saturated heterocycles. The molecule has 0 bridgehead atoms. The molecule has 0 atom stereocenters. The van der Waals surface area contributed by atoms with E-state index in [0.717, 1.165) is 31.2 Å². The van der Waals surface area contributed by atoms with Crippen molar-refractivity contribution < 1.29 is 9.53 Å². The van der Waals surface area contributed by atoms with Crippen LogP contribution in [0.15, 0.2) is 29.1 Å². The number of H-pyrrole nitrogens is 1. The molecule has 1 heterocycles. The van der Waals surface area contributed by atoms with Crippen LogP contribution in [0.1, 0.15) is 60.8 Å². The number of rotatable bonds is 9. The first-order chi connectivity index (χ1) is 14.0. The van der Waals surface area contributed by atoms with Gasteiger partial charge in [0, 0.05) is 31.6 Å². The van der Waals surface area contributed by atoms with Crippen molar-refractivity contribution in [2.24, 2.45) is 5.92 Å². The molecule has 0 unspecified atom stereocenters. The molecule has 2 aromatic rings. The van der Waals surface area contributed by atoms with Gasteiger partial charge in [-0.1, -0.05) is 43.2 Å². The Hall–Kier alpha value is -2.47. The van der Waals surface area contributed by atoms with Gasteiger partial charge in [-0.3, -0.25) is 9.59 Å². The summed E-state index contributed by atoms with van der Waals surface area (Å²) in [5.74, 6) is 0.834. The van der Waals surface area contributed by atoms with Gasteiger partial charge < -0.3 is 14.6 Å². The second kappa shape index (κ2) is 9.83. The van der Waals surface area contributed by atoms with Crippen molar-refractivity contribution in [1.29, 1.82) is 0 Å². The Morgan fingerprint density at radius 2 is 2.00 bits per heavy atom. The molecule has 3 rings (SSSR count). The van der Waals surface area contributed by atoms with Crippen LogP contribution in [0, 0.1) is 12.8 Å². The summed E-state index contributed by atoms with van der Waals surface area (Å²) in [6, 6.07) is 8.13. The third-order valence-corrected chi connectivity index (χ3v) is 5.53. The van der Waals surface area contributed by atoms with Crippen molar-refractivity contribution in [3.05, 3.63) is 62.8 Å². The molecular weight excluding hydrogens is 366 g/mol. The van der Waals surface area contributed by atoms with Crippen LogP contribution in [-0.2, 0) is 29.1 Å². The Bertz CT molecular complexity index is 885. The Kier molecular flexibility index (Phi) is 7.20. The zero-order valence-corrected chi connectivity index (χ0v) is 17.7. The van der Waals surface area contributed by atoms with Crippen molar-refractivity contribution in [2.45, 2.75) is 59.1 Å². The molecule has 0 spiro atoms. The summed E-state index contributed by atoms with van der Waals surface area (Å²) >= 11 is 0. The Balaban J connectivity index is 1.84. The molecule has 29 heavy (non-hydrogen) atoms. The van der Waals surface area contributed by atoms with E-state index in [-0.39, 0.29) is 24.0 Å². The Morgan fingerprint density at radius 1 is 1.28 bits per heavy atom. The maximum absolute atomic E-state index is 12.9. The van der Waals surface area contributed by atoms with E-state index in [9.17, 15) is 9.59 Å². The van der Waals surface area contributed by atoms with E-state index < -0.39 is 0 Å². The molecule has 6 heteroatoms. The summed E-state index contributed by atoms with van der Waals surface area (Å²) < 4.78 is 5.30. The zero-order valence-electron chi connectivity index (χ0n) is 17.7. The standard InChI is InChI=1S/C23H31N3O3/c1-4-12-26(23(28)18-6-5-7-18)14-21-24-20(15-29-3)19(22(27)25-21)13-17-10-8-16(2)9-11-17/h8-11,18H,4-7,12-15H2,1-3H3,(H,24,25,27). The molecular formula is C23H31N3O3. The number of carbonyl (C=O) groups excluding carboxylic acids is 1. The zero-order chi connectivity index (χ0) is 20.8. The summed E-state index contributed by atoms with van der Waals surface area (Å²) in [4.78, 5) is 35.0. The Labute approximate surface area is 172 Å². The first-order valence-electron chi connectivity index (χ1n) is 10.5. The predicted octanol–water partition coefficient (Wildman–Crippen LogP) is 3.35. The topological polar surface area (TPSA) is 75.3 Å². The molecule has 6 nitrogen and oxygen atoms in total. The molecule has 1 aliphatic rings. The fourth-order valence-electron chi connectivity index (χ4n) is 3.65. The van der Waals surface area contributed by atoms with Crippen LogP contribution in [0.2, 0.25) is 0 Å². The fraction of sp³-hybridized carbons (Fsp3) is 0.522. The number of aryl methyl sites for hydroxylation is 1. The van der Waals surface area contributed by atoms with Crippen LogP contribution in [-0.4, -0.2) is 34.4 Å². The van der Waals surface area contributed by atoms with Crippen molar-refractivity contribution >= 4 is 5.91 Å². The normalized spacial score (nSPS) is 13.9. The maximum atomic E-state index is 12.9. The van der Waals surface area contributed by atoms with Gasteiger partial charge in [-0.15, -0.1) is 0 Å². The lowest BCUT2D eigenvalue weighted by Crippen LogP contribution is -2.39. The minimum atomic E-state index is -0.157. The highest BCUT2D eigenvalue weighted by molar-refractivity contribution is 5.79. The SMILES string of the molecule is CCCN(Cc1nc(COC)c(Cc2ccc(C)cc2)c(=O)[nH]1)C(=O)C1CCC1. The van der Waals surface area contributed by atoms with Crippen LogP contribution in [0.25, 0.3) is 0 Å². The minimum Gasteiger partial charge on any atom is -0.378 e. The van der Waals surface area contributed by atoms with Crippen LogP contribution in [0.4, 0.5) is 0 Å². The van der Waals surface area contributed by atoms with Crippen LogP contribution in [0.5, 0.6) is 0 Å². The molecule has 1 aromatic carbocycles. The van der Waals surface area contributed by atoms with Gasteiger partial charge in [-0.2, -0.15) is 0 Å². The van der Waals surface area contributed by atoms with Gasteiger partial charge in [0.05, 0.1) is 18.8 Å².